The van der Waals surface area contributed by atoms with Crippen LogP contribution in [0.15, 0.2) is 145 Å². The van der Waals surface area contributed by atoms with Crippen LogP contribution >= 0.6 is 11.6 Å². The van der Waals surface area contributed by atoms with Crippen LogP contribution in [0, 0.1) is 5.92 Å². The van der Waals surface area contributed by atoms with Crippen LogP contribution in [0.2, 0.25) is 5.02 Å². The summed E-state index contributed by atoms with van der Waals surface area (Å²) in [6.07, 6.45) is 8.58. The van der Waals surface area contributed by atoms with Gasteiger partial charge in [0.25, 0.3) is 0 Å². The van der Waals surface area contributed by atoms with E-state index in [0.717, 1.165) is 27.7 Å². The Kier molecular flexibility index (Phi) is 36.0. The number of carbonyl (C=O) groups excluding carboxylic acids is 11. The largest absolute Gasteiger partial charge is 0.394 e. The summed E-state index contributed by atoms with van der Waals surface area (Å²) < 4.78 is 0. The Hall–Kier alpha value is -11.0. The first kappa shape index (κ1) is 87.2. The number of nitrogens with zero attached hydrogens (tertiary/aromatic N) is 5. The van der Waals surface area contributed by atoms with E-state index in [2.05, 4.69) is 78.4 Å². The molecular formula is C79H106ClN19O12. The first-order valence-corrected chi connectivity index (χ1v) is 38.0. The van der Waals surface area contributed by atoms with Gasteiger partial charge in [0, 0.05) is 82.2 Å². The Balaban J connectivity index is 1.14. The molecule has 0 bridgehead atoms. The molecule has 0 spiro atoms. The van der Waals surface area contributed by atoms with E-state index >= 15 is 9.59 Å². The maximum atomic E-state index is 15.1. The molecule has 0 aliphatic carbocycles. The van der Waals surface area contributed by atoms with Gasteiger partial charge in [0.15, 0.2) is 5.96 Å². The number of nitrogens with two attached hydrogens (primary N) is 3. The number of halogens is 1. The van der Waals surface area contributed by atoms with E-state index in [1.807, 2.05) is 80.6 Å². The van der Waals surface area contributed by atoms with Crippen molar-refractivity contribution in [2.45, 2.75) is 191 Å². The number of hydrogen-bond donors (Lipinski definition) is 15. The zero-order chi connectivity index (χ0) is 80.2. The van der Waals surface area contributed by atoms with Gasteiger partial charge in [-0.1, -0.05) is 98.2 Å². The monoisotopic (exact) mass is 1550 g/mol. The van der Waals surface area contributed by atoms with Gasteiger partial charge in [0.1, 0.15) is 60.4 Å². The van der Waals surface area contributed by atoms with Crippen LogP contribution in [0.25, 0.3) is 10.8 Å². The molecular weight excluding hydrogens is 1440 g/mol. The zero-order valence-electron chi connectivity index (χ0n) is 63.3. The number of benzene rings is 3. The molecule has 6 aromatic rings. The highest BCUT2D eigenvalue weighted by Gasteiger charge is 2.40. The smallest absolute Gasteiger partial charge is 0.245 e. The van der Waals surface area contributed by atoms with Crippen LogP contribution in [0.3, 0.4) is 0 Å². The fraction of sp³-hybridized carbons (Fsp3) is 0.456. The summed E-state index contributed by atoms with van der Waals surface area (Å²) >= 11 is 6.27. The Morgan fingerprint density at radius 3 is 1.56 bits per heavy atom. The SMILES string of the molecule is CC(=O)N[C@H](Cc1ccc2ccccc2c1)C(=O)N[C@H](Cc1ccc(Cl)cc1)C(=O)N[C@H](Cc1cccnc1)C(=O)N[C@@H](CO)C(=O)N[C@@H](CCCCNCc1ccccn1)C(=O)N[C@@H](CCCCNCc1ccccn1)C(=O)N[C@@H](CC(C)C)C(=O)N[C@@H](CCCN=C(N)N)C(=O)N1CCC[C@@H]1C(=O)N[C@H](C)C(N)=O. The number of hydrogen-bond acceptors (Lipinski definition) is 18. The molecule has 10 atom stereocenters. The number of amides is 11. The molecule has 1 fully saturated rings. The minimum absolute atomic E-state index is 0.00124. The first-order valence-electron chi connectivity index (χ1n) is 37.6. The first-order chi connectivity index (χ1) is 53.3. The predicted molar refractivity (Wildman–Crippen MR) is 419 cm³/mol. The molecule has 18 N–H and O–H groups in total. The van der Waals surface area contributed by atoms with Gasteiger partial charge in [0.05, 0.1) is 18.0 Å². The van der Waals surface area contributed by atoms with E-state index < -0.39 is 132 Å². The number of aliphatic hydroxyl groups excluding tert-OH is 1. The van der Waals surface area contributed by atoms with Gasteiger partial charge >= 0.3 is 0 Å². The van der Waals surface area contributed by atoms with Crippen LogP contribution in [-0.4, -0.2) is 189 Å². The molecule has 32 heteroatoms. The number of pyridine rings is 3. The molecule has 111 heavy (non-hydrogen) atoms. The average Bonchev–Trinajstić information content (AvgIpc) is 1.81. The van der Waals surface area contributed by atoms with Gasteiger partial charge in [-0.25, -0.2) is 0 Å². The van der Waals surface area contributed by atoms with Gasteiger partial charge in [0.2, 0.25) is 65.0 Å². The number of primary amides is 1. The molecule has 3 aromatic carbocycles. The van der Waals surface area contributed by atoms with Crippen molar-refractivity contribution in [2.75, 3.05) is 32.8 Å². The Morgan fingerprint density at radius 2 is 1.02 bits per heavy atom. The topological polar surface area (TPSA) is 473 Å². The quantitative estimate of drug-likeness (QED) is 0.0147. The summed E-state index contributed by atoms with van der Waals surface area (Å²) in [6.45, 7) is 7.36. The number of fused-ring (bicyclic) bond motifs is 1. The lowest BCUT2D eigenvalue weighted by molar-refractivity contribution is -0.142. The van der Waals surface area contributed by atoms with Crippen molar-refractivity contribution in [3.8, 4) is 0 Å². The third-order valence-electron chi connectivity index (χ3n) is 18.6. The highest BCUT2D eigenvalue weighted by Crippen LogP contribution is 2.22. The van der Waals surface area contributed by atoms with E-state index in [-0.39, 0.29) is 82.8 Å². The van der Waals surface area contributed by atoms with Crippen LogP contribution in [0.4, 0.5) is 0 Å². The number of aliphatic hydroxyl groups is 1. The van der Waals surface area contributed by atoms with E-state index in [1.165, 1.54) is 31.1 Å². The van der Waals surface area contributed by atoms with Crippen molar-refractivity contribution < 1.29 is 57.8 Å². The molecule has 1 aliphatic rings. The second kappa shape index (κ2) is 45.8. The fourth-order valence-corrected chi connectivity index (χ4v) is 12.8. The third-order valence-corrected chi connectivity index (χ3v) is 18.8. The van der Waals surface area contributed by atoms with E-state index in [0.29, 0.717) is 74.4 Å². The van der Waals surface area contributed by atoms with E-state index in [1.54, 1.807) is 60.9 Å². The second-order valence-electron chi connectivity index (χ2n) is 28.0. The Labute approximate surface area is 651 Å². The van der Waals surface area contributed by atoms with E-state index in [4.69, 9.17) is 28.8 Å². The van der Waals surface area contributed by atoms with Crippen molar-refractivity contribution in [3.05, 3.63) is 173 Å². The van der Waals surface area contributed by atoms with Crippen molar-refractivity contribution in [3.63, 3.8) is 0 Å². The van der Waals surface area contributed by atoms with Crippen LogP contribution < -0.4 is 75.7 Å². The van der Waals surface area contributed by atoms with Crippen molar-refractivity contribution in [1.82, 2.24) is 78.3 Å². The number of guanidine groups is 1. The average molecular weight is 1550 g/mol. The molecule has 0 saturated carbocycles. The minimum Gasteiger partial charge on any atom is -0.394 e. The summed E-state index contributed by atoms with van der Waals surface area (Å²) in [5.41, 5.74) is 20.0. The highest BCUT2D eigenvalue weighted by molar-refractivity contribution is 6.30. The normalized spacial score (nSPS) is 15.0. The van der Waals surface area contributed by atoms with Gasteiger partial charge in [-0.3, -0.25) is 72.7 Å². The number of likely N-dealkylation sites (tertiary alicyclic amines) is 1. The summed E-state index contributed by atoms with van der Waals surface area (Å²) in [5, 5.41) is 44.7. The Bertz CT molecular complexity index is 4070. The molecule has 596 valence electrons. The van der Waals surface area contributed by atoms with Crippen LogP contribution in [-0.2, 0) is 85.1 Å². The minimum atomic E-state index is -1.77. The lowest BCUT2D eigenvalue weighted by Crippen LogP contribution is -2.61. The standard InChI is InChI=1S/C79H106ClN19O12/c1-49(2)40-63(72(105)94-62(25-16-38-89-79(82)83)78(111)99-39-17-26-68(99)77(110)90-50(3)69(81)102)95-71(104)61(24-10-12-34-86-47-59-22-8-14-37-88-59)92-70(103)60(23-9-11-33-85-46-58-21-7-13-36-87-58)93-76(109)67(48-100)98-75(108)66(44-54-18-15-35-84-45-54)97-74(107)65(42-52-28-31-57(80)32-29-52)96-73(106)64(91-51(4)101)43-53-27-30-55-19-5-6-20-56(55)41-53/h5-8,13-15,18-22,27-32,35-37,41,45,49-50,60-68,85-86,100H,9-12,16-17,23-26,33-34,38-40,42-44,46-48H2,1-4H3,(H2,81,102)(H,90,110)(H,91,101)(H,92,103)(H,93,109)(H,94,105)(H,95,104)(H,96,106)(H,97,107)(H,98,108)(H4,82,83,89)/t50-,60+,61+,62+,63+,64-,65-,66-,67+,68-/m1/s1. The summed E-state index contributed by atoms with van der Waals surface area (Å²) in [6, 6.07) is 20.9. The summed E-state index contributed by atoms with van der Waals surface area (Å²) in [4.78, 5) is 175. The lowest BCUT2D eigenvalue weighted by atomic mass is 9.99. The fourth-order valence-electron chi connectivity index (χ4n) is 12.7. The lowest BCUT2D eigenvalue weighted by Gasteiger charge is -2.31. The number of aromatic nitrogens is 3. The summed E-state index contributed by atoms with van der Waals surface area (Å²) in [7, 11) is 0. The number of unbranched alkanes of at least 4 members (excludes halogenated alkanes) is 2. The third kappa shape index (κ3) is 30.1. The highest BCUT2D eigenvalue weighted by atomic mass is 35.5. The molecule has 4 heterocycles. The van der Waals surface area contributed by atoms with Crippen LogP contribution in [0.5, 0.6) is 0 Å². The number of carbonyl (C=O) groups is 11. The van der Waals surface area contributed by atoms with Crippen molar-refractivity contribution in [2.24, 2.45) is 28.1 Å². The van der Waals surface area contributed by atoms with Crippen molar-refractivity contribution in [1.29, 1.82) is 0 Å². The van der Waals surface area contributed by atoms with Gasteiger partial charge in [-0.2, -0.15) is 0 Å². The molecule has 0 unspecified atom stereocenters. The van der Waals surface area contributed by atoms with Crippen molar-refractivity contribution >= 4 is 93.3 Å². The van der Waals surface area contributed by atoms with Gasteiger partial charge in [-0.15, -0.1) is 0 Å². The predicted octanol–water partition coefficient (Wildman–Crippen LogP) is 1.60. The van der Waals surface area contributed by atoms with Crippen LogP contribution in [0.1, 0.15) is 126 Å². The Morgan fingerprint density at radius 1 is 0.523 bits per heavy atom. The maximum Gasteiger partial charge on any atom is 0.245 e. The van der Waals surface area contributed by atoms with Gasteiger partial charge in [-0.05, 0) is 166 Å². The number of nitrogens with one attached hydrogen (secondary N) is 11. The van der Waals surface area contributed by atoms with Gasteiger partial charge < -0.3 is 85.7 Å². The molecule has 1 saturated heterocycles. The molecule has 1 aliphatic heterocycles. The second-order valence-corrected chi connectivity index (χ2v) is 28.5. The molecule has 0 radical (unpaired) electrons. The molecule has 11 amide bonds. The molecule has 3 aromatic heterocycles. The molecule has 31 nitrogen and oxygen atoms in total. The molecule has 7 rings (SSSR count). The summed E-state index contributed by atoms with van der Waals surface area (Å²) in [5.74, 6) is -8.83. The number of rotatable bonds is 46. The maximum absolute atomic E-state index is 15.1. The number of aliphatic imine (C=N–C) groups is 1. The van der Waals surface area contributed by atoms with E-state index in [9.17, 15) is 48.3 Å². The zero-order valence-corrected chi connectivity index (χ0v) is 64.0.